The van der Waals surface area contributed by atoms with E-state index in [1.54, 1.807) is 6.07 Å². The predicted octanol–water partition coefficient (Wildman–Crippen LogP) is 3.25. The van der Waals surface area contributed by atoms with Gasteiger partial charge in [-0.2, -0.15) is 0 Å². The van der Waals surface area contributed by atoms with Crippen LogP contribution in [0.15, 0.2) is 18.2 Å². The first-order valence-corrected chi connectivity index (χ1v) is 6.82. The van der Waals surface area contributed by atoms with Crippen LogP contribution in [0.2, 0.25) is 0 Å². The molecule has 1 aliphatic carbocycles. The summed E-state index contributed by atoms with van der Waals surface area (Å²) in [5.41, 5.74) is 2.11. The van der Waals surface area contributed by atoms with Crippen molar-refractivity contribution in [1.82, 2.24) is 5.32 Å². The molecule has 1 aromatic rings. The third-order valence-corrected chi connectivity index (χ3v) is 4.01. The summed E-state index contributed by atoms with van der Waals surface area (Å²) in [6.45, 7) is 2.23. The van der Waals surface area contributed by atoms with E-state index in [-0.39, 0.29) is 5.82 Å². The minimum Gasteiger partial charge on any atom is -0.316 e. The van der Waals surface area contributed by atoms with Crippen molar-refractivity contribution in [1.29, 1.82) is 0 Å². The fourth-order valence-corrected chi connectivity index (χ4v) is 2.85. The molecule has 1 N–H and O–H groups in total. The third-order valence-electron chi connectivity index (χ3n) is 4.01. The van der Waals surface area contributed by atoms with E-state index in [0.717, 1.165) is 25.1 Å². The van der Waals surface area contributed by atoms with E-state index in [1.165, 1.54) is 31.2 Å². The number of piperidine rings is 1. The molecule has 2 heteroatoms. The molecule has 17 heavy (non-hydrogen) atoms. The van der Waals surface area contributed by atoms with Crippen LogP contribution in [0.1, 0.15) is 42.7 Å². The lowest BCUT2D eigenvalue weighted by molar-refractivity contribution is 0.375. The highest BCUT2D eigenvalue weighted by Crippen LogP contribution is 2.41. The second-order valence-corrected chi connectivity index (χ2v) is 5.55. The van der Waals surface area contributed by atoms with Crippen LogP contribution in [-0.2, 0) is 6.42 Å². The van der Waals surface area contributed by atoms with Gasteiger partial charge in [-0.05, 0) is 74.2 Å². The maximum absolute atomic E-state index is 13.9. The minimum atomic E-state index is 0.0220. The number of nitrogens with one attached hydrogen (secondary N) is 1. The largest absolute Gasteiger partial charge is 0.316 e. The van der Waals surface area contributed by atoms with E-state index in [9.17, 15) is 4.39 Å². The maximum Gasteiger partial charge on any atom is 0.126 e. The summed E-state index contributed by atoms with van der Waals surface area (Å²) >= 11 is 0. The third kappa shape index (κ3) is 2.68. The highest BCUT2D eigenvalue weighted by atomic mass is 19.1. The van der Waals surface area contributed by atoms with Gasteiger partial charge in [-0.25, -0.2) is 4.39 Å². The molecule has 1 nitrogen and oxygen atoms in total. The Morgan fingerprint density at radius 3 is 2.76 bits per heavy atom. The Morgan fingerprint density at radius 1 is 1.24 bits per heavy atom. The van der Waals surface area contributed by atoms with Crippen molar-refractivity contribution in [2.75, 3.05) is 13.1 Å². The number of benzene rings is 1. The Kier molecular flexibility index (Phi) is 3.15. The van der Waals surface area contributed by atoms with Crippen LogP contribution in [-0.4, -0.2) is 13.1 Å². The highest BCUT2D eigenvalue weighted by molar-refractivity contribution is 5.30. The second-order valence-electron chi connectivity index (χ2n) is 5.55. The van der Waals surface area contributed by atoms with Crippen LogP contribution in [0.5, 0.6) is 0 Å². The summed E-state index contributed by atoms with van der Waals surface area (Å²) in [4.78, 5) is 0. The number of halogens is 1. The van der Waals surface area contributed by atoms with Crippen molar-refractivity contribution in [2.24, 2.45) is 5.92 Å². The zero-order chi connectivity index (χ0) is 11.7. The van der Waals surface area contributed by atoms with Crippen molar-refractivity contribution in [3.05, 3.63) is 35.1 Å². The molecule has 0 amide bonds. The van der Waals surface area contributed by atoms with Gasteiger partial charge in [0.1, 0.15) is 5.82 Å². The van der Waals surface area contributed by atoms with Crippen LogP contribution >= 0.6 is 0 Å². The summed E-state index contributed by atoms with van der Waals surface area (Å²) in [6.07, 6.45) is 5.90. The lowest BCUT2D eigenvalue weighted by Crippen LogP contribution is -2.30. The molecule has 1 unspecified atom stereocenters. The molecule has 3 rings (SSSR count). The zero-order valence-electron chi connectivity index (χ0n) is 10.2. The average Bonchev–Trinajstić information content (AvgIpc) is 3.15. The monoisotopic (exact) mass is 233 g/mol. The van der Waals surface area contributed by atoms with Gasteiger partial charge in [0.25, 0.3) is 0 Å². The molecule has 0 bridgehead atoms. The number of hydrogen-bond donors (Lipinski definition) is 1. The molecule has 2 aliphatic rings. The van der Waals surface area contributed by atoms with Gasteiger partial charge in [-0.1, -0.05) is 12.1 Å². The van der Waals surface area contributed by atoms with Gasteiger partial charge in [-0.15, -0.1) is 0 Å². The molecule has 92 valence electrons. The van der Waals surface area contributed by atoms with E-state index in [2.05, 4.69) is 11.4 Å². The number of hydrogen-bond acceptors (Lipinski definition) is 1. The molecule has 1 saturated heterocycles. The van der Waals surface area contributed by atoms with Crippen LogP contribution < -0.4 is 5.32 Å². The second kappa shape index (κ2) is 4.77. The van der Waals surface area contributed by atoms with Gasteiger partial charge in [-0.3, -0.25) is 0 Å². The SMILES string of the molecule is Fc1cc(CC2CCCNC2)ccc1C1CC1. The lowest BCUT2D eigenvalue weighted by atomic mass is 9.91. The van der Waals surface area contributed by atoms with Gasteiger partial charge in [0.15, 0.2) is 0 Å². The Labute approximate surface area is 102 Å². The molecule has 1 atom stereocenters. The van der Waals surface area contributed by atoms with Gasteiger partial charge < -0.3 is 5.32 Å². The highest BCUT2D eigenvalue weighted by Gasteiger charge is 2.26. The average molecular weight is 233 g/mol. The summed E-state index contributed by atoms with van der Waals surface area (Å²) in [5, 5.41) is 3.42. The van der Waals surface area contributed by atoms with Gasteiger partial charge in [0.2, 0.25) is 0 Å². The Balaban J connectivity index is 1.68. The molecule has 0 radical (unpaired) electrons. The van der Waals surface area contributed by atoms with E-state index in [4.69, 9.17) is 0 Å². The van der Waals surface area contributed by atoms with Crippen LogP contribution in [0.25, 0.3) is 0 Å². The standard InChI is InChI=1S/C15H20FN/c16-15-9-11(3-6-14(15)13-4-5-13)8-12-2-1-7-17-10-12/h3,6,9,12-13,17H,1-2,4-5,7-8,10H2. The van der Waals surface area contributed by atoms with Crippen LogP contribution in [0.3, 0.4) is 0 Å². The van der Waals surface area contributed by atoms with Crippen molar-refractivity contribution >= 4 is 0 Å². The van der Waals surface area contributed by atoms with Crippen LogP contribution in [0, 0.1) is 11.7 Å². The summed E-state index contributed by atoms with van der Waals surface area (Å²) < 4.78 is 13.9. The van der Waals surface area contributed by atoms with E-state index in [0.29, 0.717) is 11.8 Å². The topological polar surface area (TPSA) is 12.0 Å². The summed E-state index contributed by atoms with van der Waals surface area (Å²) in [5.74, 6) is 1.23. The molecule has 1 saturated carbocycles. The first kappa shape index (κ1) is 11.2. The smallest absolute Gasteiger partial charge is 0.126 e. The van der Waals surface area contributed by atoms with Crippen LogP contribution in [0.4, 0.5) is 4.39 Å². The first-order chi connectivity index (χ1) is 8.33. The Hall–Kier alpha value is -0.890. The van der Waals surface area contributed by atoms with Gasteiger partial charge in [0.05, 0.1) is 0 Å². The molecule has 1 aliphatic heterocycles. The molecule has 0 spiro atoms. The molecule has 0 aromatic heterocycles. The minimum absolute atomic E-state index is 0.0220. The molecule has 1 aromatic carbocycles. The van der Waals surface area contributed by atoms with Crippen molar-refractivity contribution in [3.8, 4) is 0 Å². The molecular weight excluding hydrogens is 213 g/mol. The van der Waals surface area contributed by atoms with Gasteiger partial charge in [0, 0.05) is 0 Å². The fraction of sp³-hybridized carbons (Fsp3) is 0.600. The van der Waals surface area contributed by atoms with E-state index >= 15 is 0 Å². The fourth-order valence-electron chi connectivity index (χ4n) is 2.85. The maximum atomic E-state index is 13.9. The molecular formula is C15H20FN. The van der Waals surface area contributed by atoms with Crippen molar-refractivity contribution in [3.63, 3.8) is 0 Å². The molecule has 2 fully saturated rings. The van der Waals surface area contributed by atoms with Crippen molar-refractivity contribution in [2.45, 2.75) is 38.0 Å². The lowest BCUT2D eigenvalue weighted by Gasteiger charge is -2.22. The first-order valence-electron chi connectivity index (χ1n) is 6.82. The summed E-state index contributed by atoms with van der Waals surface area (Å²) in [7, 11) is 0. The normalized spacial score (nSPS) is 24.9. The quantitative estimate of drug-likeness (QED) is 0.845. The van der Waals surface area contributed by atoms with E-state index < -0.39 is 0 Å². The van der Waals surface area contributed by atoms with Crippen molar-refractivity contribution < 1.29 is 4.39 Å². The van der Waals surface area contributed by atoms with Gasteiger partial charge >= 0.3 is 0 Å². The molecule has 1 heterocycles. The Morgan fingerprint density at radius 2 is 2.12 bits per heavy atom. The number of rotatable bonds is 3. The Bertz CT molecular complexity index is 392. The zero-order valence-corrected chi connectivity index (χ0v) is 10.2. The van der Waals surface area contributed by atoms with E-state index in [1.807, 2.05) is 6.07 Å². The summed E-state index contributed by atoms with van der Waals surface area (Å²) in [6, 6.07) is 5.91. The predicted molar refractivity (Wildman–Crippen MR) is 67.7 cm³/mol.